The van der Waals surface area contributed by atoms with Crippen molar-refractivity contribution in [3.05, 3.63) is 70.4 Å². The van der Waals surface area contributed by atoms with E-state index < -0.39 is 0 Å². The molecule has 0 aliphatic heterocycles. The molecular formula is C20H21ClN4O. The van der Waals surface area contributed by atoms with Gasteiger partial charge in [-0.05, 0) is 55.3 Å². The van der Waals surface area contributed by atoms with Crippen LogP contribution in [0.5, 0.6) is 5.75 Å². The maximum atomic E-state index is 6.02. The summed E-state index contributed by atoms with van der Waals surface area (Å²) in [4.78, 5) is 9.00. The van der Waals surface area contributed by atoms with Crippen LogP contribution < -0.4 is 15.4 Å². The summed E-state index contributed by atoms with van der Waals surface area (Å²) in [6, 6.07) is 15.5. The van der Waals surface area contributed by atoms with Crippen molar-refractivity contribution in [3.8, 4) is 5.75 Å². The van der Waals surface area contributed by atoms with E-state index in [1.54, 1.807) is 7.11 Å². The fraction of sp³-hybridized carbons (Fsp3) is 0.200. The Balaban J connectivity index is 1.72. The number of nitrogens with one attached hydrogen (secondary N) is 2. The molecule has 0 amide bonds. The normalized spacial score (nSPS) is 10.5. The SMILES string of the molecule is COc1ccc(CNc2nc(C)cc(Nc3ccc(Cl)cc3C)n2)cc1. The molecule has 0 fully saturated rings. The van der Waals surface area contributed by atoms with Gasteiger partial charge < -0.3 is 15.4 Å². The topological polar surface area (TPSA) is 59.1 Å². The molecular weight excluding hydrogens is 348 g/mol. The molecule has 1 aromatic heterocycles. The van der Waals surface area contributed by atoms with Gasteiger partial charge in [-0.15, -0.1) is 0 Å². The molecule has 0 saturated carbocycles. The van der Waals surface area contributed by atoms with Crippen LogP contribution in [0.25, 0.3) is 0 Å². The van der Waals surface area contributed by atoms with Crippen LogP contribution in [0.1, 0.15) is 16.8 Å². The van der Waals surface area contributed by atoms with E-state index >= 15 is 0 Å². The van der Waals surface area contributed by atoms with Crippen LogP contribution in [-0.4, -0.2) is 17.1 Å². The molecule has 0 aliphatic rings. The van der Waals surface area contributed by atoms with Crippen LogP contribution >= 0.6 is 11.6 Å². The van der Waals surface area contributed by atoms with Crippen molar-refractivity contribution >= 4 is 29.1 Å². The third kappa shape index (κ3) is 4.64. The molecule has 6 heteroatoms. The average molecular weight is 369 g/mol. The number of methoxy groups -OCH3 is 1. The van der Waals surface area contributed by atoms with Gasteiger partial charge in [-0.25, -0.2) is 4.98 Å². The van der Waals surface area contributed by atoms with E-state index in [4.69, 9.17) is 16.3 Å². The fourth-order valence-electron chi connectivity index (χ4n) is 2.54. The second-order valence-corrected chi connectivity index (χ2v) is 6.44. The molecule has 0 atom stereocenters. The number of nitrogens with zero attached hydrogens (tertiary/aromatic N) is 2. The summed E-state index contributed by atoms with van der Waals surface area (Å²) in [6.45, 7) is 4.58. The monoisotopic (exact) mass is 368 g/mol. The lowest BCUT2D eigenvalue weighted by Gasteiger charge is -2.12. The number of anilines is 3. The first-order chi connectivity index (χ1) is 12.5. The van der Waals surface area contributed by atoms with Crippen molar-refractivity contribution in [1.82, 2.24) is 9.97 Å². The van der Waals surface area contributed by atoms with Crippen molar-refractivity contribution in [2.75, 3.05) is 17.7 Å². The van der Waals surface area contributed by atoms with Crippen molar-refractivity contribution in [2.45, 2.75) is 20.4 Å². The van der Waals surface area contributed by atoms with E-state index in [0.717, 1.165) is 34.1 Å². The van der Waals surface area contributed by atoms with Gasteiger partial charge in [0.1, 0.15) is 11.6 Å². The summed E-state index contributed by atoms with van der Waals surface area (Å²) < 4.78 is 5.18. The van der Waals surface area contributed by atoms with E-state index in [0.29, 0.717) is 17.5 Å². The van der Waals surface area contributed by atoms with Crippen LogP contribution in [0.15, 0.2) is 48.5 Å². The van der Waals surface area contributed by atoms with E-state index in [1.807, 2.05) is 62.4 Å². The number of rotatable bonds is 6. The van der Waals surface area contributed by atoms with Gasteiger partial charge in [-0.3, -0.25) is 0 Å². The zero-order valence-electron chi connectivity index (χ0n) is 15.0. The molecule has 134 valence electrons. The first kappa shape index (κ1) is 18.0. The van der Waals surface area contributed by atoms with E-state index in [2.05, 4.69) is 20.6 Å². The molecule has 2 aromatic carbocycles. The van der Waals surface area contributed by atoms with Crippen molar-refractivity contribution in [2.24, 2.45) is 0 Å². The molecule has 3 aromatic rings. The minimum atomic E-state index is 0.579. The number of benzene rings is 2. The number of aryl methyl sites for hydroxylation is 2. The summed E-state index contributed by atoms with van der Waals surface area (Å²) in [5.41, 5.74) is 4.03. The van der Waals surface area contributed by atoms with E-state index in [-0.39, 0.29) is 0 Å². The number of hydrogen-bond acceptors (Lipinski definition) is 5. The lowest BCUT2D eigenvalue weighted by molar-refractivity contribution is 0.414. The Morgan fingerprint density at radius 2 is 1.77 bits per heavy atom. The molecule has 2 N–H and O–H groups in total. The molecule has 0 saturated heterocycles. The predicted octanol–water partition coefficient (Wildman–Crippen LogP) is 5.11. The largest absolute Gasteiger partial charge is 0.497 e. The fourth-order valence-corrected chi connectivity index (χ4v) is 2.77. The van der Waals surface area contributed by atoms with Crippen LogP contribution in [0, 0.1) is 13.8 Å². The highest BCUT2D eigenvalue weighted by atomic mass is 35.5. The third-order valence-electron chi connectivity index (χ3n) is 3.92. The highest BCUT2D eigenvalue weighted by Gasteiger charge is 2.05. The zero-order chi connectivity index (χ0) is 18.5. The summed E-state index contributed by atoms with van der Waals surface area (Å²) in [6.07, 6.45) is 0. The highest BCUT2D eigenvalue weighted by Crippen LogP contribution is 2.23. The number of aromatic nitrogens is 2. The molecule has 26 heavy (non-hydrogen) atoms. The van der Waals surface area contributed by atoms with Gasteiger partial charge in [0.2, 0.25) is 5.95 Å². The first-order valence-electron chi connectivity index (χ1n) is 8.29. The van der Waals surface area contributed by atoms with Gasteiger partial charge in [0, 0.05) is 29.0 Å². The Morgan fingerprint density at radius 3 is 2.46 bits per heavy atom. The van der Waals surface area contributed by atoms with Gasteiger partial charge in [-0.2, -0.15) is 4.98 Å². The minimum Gasteiger partial charge on any atom is -0.497 e. The maximum Gasteiger partial charge on any atom is 0.225 e. The third-order valence-corrected chi connectivity index (χ3v) is 4.15. The highest BCUT2D eigenvalue weighted by molar-refractivity contribution is 6.30. The lowest BCUT2D eigenvalue weighted by atomic mass is 10.2. The lowest BCUT2D eigenvalue weighted by Crippen LogP contribution is -2.06. The Hall–Kier alpha value is -2.79. The zero-order valence-corrected chi connectivity index (χ0v) is 15.8. The van der Waals surface area contributed by atoms with E-state index in [9.17, 15) is 0 Å². The quantitative estimate of drug-likeness (QED) is 0.633. The van der Waals surface area contributed by atoms with Gasteiger partial charge in [0.05, 0.1) is 7.11 Å². The Kier molecular flexibility index (Phi) is 5.58. The smallest absolute Gasteiger partial charge is 0.225 e. The van der Waals surface area contributed by atoms with Crippen molar-refractivity contribution < 1.29 is 4.74 Å². The number of hydrogen-bond donors (Lipinski definition) is 2. The van der Waals surface area contributed by atoms with Crippen molar-refractivity contribution in [1.29, 1.82) is 0 Å². The van der Waals surface area contributed by atoms with Crippen molar-refractivity contribution in [3.63, 3.8) is 0 Å². The number of ether oxygens (including phenoxy) is 1. The molecule has 1 heterocycles. The Bertz CT molecular complexity index is 897. The predicted molar refractivity (Wildman–Crippen MR) is 107 cm³/mol. The van der Waals surface area contributed by atoms with Gasteiger partial charge in [0.25, 0.3) is 0 Å². The number of halogens is 1. The van der Waals surface area contributed by atoms with Crippen LogP contribution in [-0.2, 0) is 6.54 Å². The summed E-state index contributed by atoms with van der Waals surface area (Å²) in [5, 5.41) is 7.31. The molecule has 3 rings (SSSR count). The second-order valence-electron chi connectivity index (χ2n) is 6.00. The summed E-state index contributed by atoms with van der Waals surface area (Å²) in [7, 11) is 1.66. The minimum absolute atomic E-state index is 0.579. The van der Waals surface area contributed by atoms with Gasteiger partial charge in [-0.1, -0.05) is 23.7 Å². The molecule has 0 aliphatic carbocycles. The molecule has 5 nitrogen and oxygen atoms in total. The van der Waals surface area contributed by atoms with Crippen LogP contribution in [0.2, 0.25) is 5.02 Å². The van der Waals surface area contributed by atoms with Crippen LogP contribution in [0.3, 0.4) is 0 Å². The molecule has 0 bridgehead atoms. The molecule has 0 spiro atoms. The standard InChI is InChI=1S/C20H21ClN4O/c1-13-10-16(21)6-9-18(13)24-19-11-14(2)23-20(25-19)22-12-15-4-7-17(26-3)8-5-15/h4-11H,12H2,1-3H3,(H2,22,23,24,25). The maximum absolute atomic E-state index is 6.02. The Morgan fingerprint density at radius 1 is 1.00 bits per heavy atom. The molecule has 0 radical (unpaired) electrons. The summed E-state index contributed by atoms with van der Waals surface area (Å²) in [5.74, 6) is 2.15. The van der Waals surface area contributed by atoms with E-state index in [1.165, 1.54) is 0 Å². The van der Waals surface area contributed by atoms with Gasteiger partial charge in [0.15, 0.2) is 0 Å². The second kappa shape index (κ2) is 8.06. The molecule has 0 unspecified atom stereocenters. The Labute approximate surface area is 158 Å². The van der Waals surface area contributed by atoms with Crippen LogP contribution in [0.4, 0.5) is 17.5 Å². The average Bonchev–Trinajstić information content (AvgIpc) is 2.62. The first-order valence-corrected chi connectivity index (χ1v) is 8.67. The van der Waals surface area contributed by atoms with Gasteiger partial charge >= 0.3 is 0 Å². The summed E-state index contributed by atoms with van der Waals surface area (Å²) >= 11 is 6.02.